The number of carbonyl (C=O) groups is 2. The van der Waals surface area contributed by atoms with Crippen molar-refractivity contribution in [1.82, 2.24) is 10.6 Å². The van der Waals surface area contributed by atoms with E-state index < -0.39 is 21.5 Å². The molecule has 2 amide bonds. The highest BCUT2D eigenvalue weighted by Gasteiger charge is 2.16. The van der Waals surface area contributed by atoms with Gasteiger partial charge in [0.1, 0.15) is 5.75 Å². The summed E-state index contributed by atoms with van der Waals surface area (Å²) in [5.41, 5.74) is 1.61. The van der Waals surface area contributed by atoms with Crippen LogP contribution in [0.4, 0.5) is 0 Å². The predicted octanol–water partition coefficient (Wildman–Crippen LogP) is 1.58. The highest BCUT2D eigenvalue weighted by Crippen LogP contribution is 2.04. The lowest BCUT2D eigenvalue weighted by molar-refractivity contribution is -0.118. The minimum absolute atomic E-state index is 0.0277. The Kier molecular flexibility index (Phi) is 8.00. The second-order valence-corrected chi connectivity index (χ2v) is 8.34. The van der Waals surface area contributed by atoms with E-state index in [1.165, 1.54) is 0 Å². The fourth-order valence-corrected chi connectivity index (χ4v) is 3.76. The topological polar surface area (TPSA) is 92.3 Å². The first-order valence-corrected chi connectivity index (χ1v) is 10.6. The molecule has 0 aromatic heterocycles. The Morgan fingerprint density at radius 1 is 0.815 bits per heavy atom. The van der Waals surface area contributed by atoms with Gasteiger partial charge in [0.2, 0.25) is 5.91 Å². The molecule has 0 aliphatic heterocycles. The molecular formula is C20H24N2O4S. The third-order valence-corrected chi connectivity index (χ3v) is 5.50. The Hall–Kier alpha value is -2.67. The predicted molar refractivity (Wildman–Crippen MR) is 105 cm³/mol. The first-order chi connectivity index (χ1) is 13.0. The van der Waals surface area contributed by atoms with Gasteiger partial charge in [0.15, 0.2) is 9.84 Å². The van der Waals surface area contributed by atoms with Gasteiger partial charge in [0, 0.05) is 18.7 Å². The third kappa shape index (κ3) is 8.04. The number of sulfone groups is 1. The highest BCUT2D eigenvalue weighted by atomic mass is 32.2. The summed E-state index contributed by atoms with van der Waals surface area (Å²) in [6.45, 7) is 0.407. The van der Waals surface area contributed by atoms with Crippen molar-refractivity contribution in [3.8, 4) is 0 Å². The van der Waals surface area contributed by atoms with E-state index in [-0.39, 0.29) is 24.7 Å². The zero-order chi connectivity index (χ0) is 19.5. The van der Waals surface area contributed by atoms with Gasteiger partial charge < -0.3 is 10.6 Å². The van der Waals surface area contributed by atoms with Crippen LogP contribution < -0.4 is 10.6 Å². The van der Waals surface area contributed by atoms with E-state index in [9.17, 15) is 18.0 Å². The van der Waals surface area contributed by atoms with Crippen LogP contribution in [0.1, 0.15) is 22.3 Å². The summed E-state index contributed by atoms with van der Waals surface area (Å²) in [7, 11) is -3.45. The van der Waals surface area contributed by atoms with E-state index in [2.05, 4.69) is 10.6 Å². The largest absolute Gasteiger partial charge is 0.353 e. The van der Waals surface area contributed by atoms with Crippen molar-refractivity contribution in [2.24, 2.45) is 0 Å². The number of rotatable bonds is 10. The molecule has 0 unspecified atom stereocenters. The number of nitrogens with one attached hydrogen (secondary N) is 2. The average molecular weight is 388 g/mol. The van der Waals surface area contributed by atoms with Crippen molar-refractivity contribution in [2.75, 3.05) is 24.6 Å². The van der Waals surface area contributed by atoms with Gasteiger partial charge in [-0.3, -0.25) is 9.59 Å². The summed E-state index contributed by atoms with van der Waals surface area (Å²) in [6.07, 6.45) is 1.14. The SMILES string of the molecule is O=C(CS(=O)(=O)CCCc1ccccc1)NCCNC(=O)c1ccccc1. The molecule has 2 aromatic rings. The number of benzene rings is 2. The molecule has 0 saturated heterocycles. The van der Waals surface area contributed by atoms with Gasteiger partial charge in [-0.25, -0.2) is 8.42 Å². The number of hydrogen-bond acceptors (Lipinski definition) is 4. The summed E-state index contributed by atoms with van der Waals surface area (Å²) in [6, 6.07) is 18.3. The van der Waals surface area contributed by atoms with E-state index in [1.54, 1.807) is 24.3 Å². The van der Waals surface area contributed by atoms with Gasteiger partial charge >= 0.3 is 0 Å². The average Bonchev–Trinajstić information content (AvgIpc) is 2.66. The molecular weight excluding hydrogens is 364 g/mol. The van der Waals surface area contributed by atoms with Gasteiger partial charge in [-0.2, -0.15) is 0 Å². The fourth-order valence-electron chi connectivity index (χ4n) is 2.53. The van der Waals surface area contributed by atoms with Crippen LogP contribution in [-0.4, -0.2) is 44.8 Å². The van der Waals surface area contributed by atoms with Crippen LogP contribution in [0.25, 0.3) is 0 Å². The quantitative estimate of drug-likeness (QED) is 0.605. The molecule has 2 rings (SSSR count). The van der Waals surface area contributed by atoms with Crippen LogP contribution in [0.3, 0.4) is 0 Å². The maximum atomic E-state index is 12.0. The molecule has 27 heavy (non-hydrogen) atoms. The Labute approximate surface area is 159 Å². The summed E-state index contributed by atoms with van der Waals surface area (Å²) >= 11 is 0. The summed E-state index contributed by atoms with van der Waals surface area (Å²) in [5.74, 6) is -1.35. The van der Waals surface area contributed by atoms with Gasteiger partial charge in [-0.15, -0.1) is 0 Å². The highest BCUT2D eigenvalue weighted by molar-refractivity contribution is 7.92. The smallest absolute Gasteiger partial charge is 0.251 e. The molecule has 144 valence electrons. The summed E-state index contributed by atoms with van der Waals surface area (Å²) in [5, 5.41) is 5.19. The lowest BCUT2D eigenvalue weighted by Gasteiger charge is -2.08. The molecule has 0 saturated carbocycles. The van der Waals surface area contributed by atoms with E-state index in [0.717, 1.165) is 5.56 Å². The second-order valence-electron chi connectivity index (χ2n) is 6.15. The zero-order valence-corrected chi connectivity index (χ0v) is 15.9. The molecule has 2 N–H and O–H groups in total. The molecule has 0 atom stereocenters. The van der Waals surface area contributed by atoms with Crippen LogP contribution in [0.2, 0.25) is 0 Å². The molecule has 2 aromatic carbocycles. The van der Waals surface area contributed by atoms with E-state index in [1.807, 2.05) is 36.4 Å². The minimum atomic E-state index is -3.45. The maximum Gasteiger partial charge on any atom is 0.251 e. The van der Waals surface area contributed by atoms with Gasteiger partial charge in [-0.05, 0) is 30.5 Å². The van der Waals surface area contributed by atoms with Gasteiger partial charge in [0.05, 0.1) is 5.75 Å². The second kappa shape index (κ2) is 10.5. The molecule has 7 heteroatoms. The van der Waals surface area contributed by atoms with Crippen molar-refractivity contribution in [2.45, 2.75) is 12.8 Å². The number of aryl methyl sites for hydroxylation is 1. The molecule has 0 heterocycles. The zero-order valence-electron chi connectivity index (χ0n) is 15.1. The lowest BCUT2D eigenvalue weighted by Crippen LogP contribution is -2.37. The van der Waals surface area contributed by atoms with Crippen LogP contribution in [0, 0.1) is 0 Å². The first-order valence-electron chi connectivity index (χ1n) is 8.80. The minimum Gasteiger partial charge on any atom is -0.353 e. The molecule has 0 fully saturated rings. The Morgan fingerprint density at radius 3 is 2.07 bits per heavy atom. The summed E-state index contributed by atoms with van der Waals surface area (Å²) in [4.78, 5) is 23.6. The van der Waals surface area contributed by atoms with Gasteiger partial charge in [-0.1, -0.05) is 48.5 Å². The normalized spacial score (nSPS) is 11.0. The van der Waals surface area contributed by atoms with Crippen molar-refractivity contribution >= 4 is 21.7 Å². The molecule has 0 aliphatic carbocycles. The van der Waals surface area contributed by atoms with E-state index in [0.29, 0.717) is 18.4 Å². The fraction of sp³-hybridized carbons (Fsp3) is 0.300. The van der Waals surface area contributed by atoms with Crippen molar-refractivity contribution < 1.29 is 18.0 Å². The van der Waals surface area contributed by atoms with Crippen LogP contribution >= 0.6 is 0 Å². The first kappa shape index (κ1) is 20.6. The molecule has 0 aliphatic rings. The van der Waals surface area contributed by atoms with Crippen molar-refractivity contribution in [3.63, 3.8) is 0 Å². The summed E-state index contributed by atoms with van der Waals surface area (Å²) < 4.78 is 24.1. The molecule has 0 spiro atoms. The molecule has 0 bridgehead atoms. The van der Waals surface area contributed by atoms with Crippen molar-refractivity contribution in [1.29, 1.82) is 0 Å². The van der Waals surface area contributed by atoms with Crippen LogP contribution in [0.15, 0.2) is 60.7 Å². The van der Waals surface area contributed by atoms with E-state index >= 15 is 0 Å². The Morgan fingerprint density at radius 2 is 1.41 bits per heavy atom. The molecule has 6 nitrogen and oxygen atoms in total. The standard InChI is InChI=1S/C20H24N2O4S/c23-19(21-13-14-22-20(24)18-11-5-2-6-12-18)16-27(25,26)15-7-10-17-8-3-1-4-9-17/h1-6,8-9,11-12H,7,10,13-16H2,(H,21,23)(H,22,24). The van der Waals surface area contributed by atoms with Gasteiger partial charge in [0.25, 0.3) is 5.91 Å². The van der Waals surface area contributed by atoms with E-state index in [4.69, 9.17) is 0 Å². The number of carbonyl (C=O) groups excluding carboxylic acids is 2. The van der Waals surface area contributed by atoms with Crippen molar-refractivity contribution in [3.05, 3.63) is 71.8 Å². The Balaban J connectivity index is 1.63. The van der Waals surface area contributed by atoms with Crippen LogP contribution in [0.5, 0.6) is 0 Å². The molecule has 0 radical (unpaired) electrons. The number of hydrogen-bond donors (Lipinski definition) is 2. The lowest BCUT2D eigenvalue weighted by atomic mass is 10.1. The Bertz CT molecular complexity index is 837. The third-order valence-electron chi connectivity index (χ3n) is 3.88. The number of amides is 2. The van der Waals surface area contributed by atoms with Crippen LogP contribution in [-0.2, 0) is 21.1 Å². The maximum absolute atomic E-state index is 12.0. The monoisotopic (exact) mass is 388 g/mol.